The number of nitrogens with zero attached hydrogens (tertiary/aromatic N) is 5. The van der Waals surface area contributed by atoms with Crippen molar-refractivity contribution in [3.05, 3.63) is 70.3 Å². The average molecular weight is 836 g/mol. The van der Waals surface area contributed by atoms with Crippen LogP contribution in [0.1, 0.15) is 62.2 Å². The first-order chi connectivity index (χ1) is 25.5. The summed E-state index contributed by atoms with van der Waals surface area (Å²) < 4.78 is 79.7. The highest BCUT2D eigenvalue weighted by Gasteiger charge is 2.52. The molecule has 3 N–H and O–H groups in total. The molecule has 288 valence electrons. The maximum atomic E-state index is 13.9. The Balaban J connectivity index is 1.12. The molecular formula is C34H41BBrF3N8O6P+. The fourth-order valence-electron chi connectivity index (χ4n) is 5.29. The van der Waals surface area contributed by atoms with Crippen molar-refractivity contribution in [3.8, 4) is 5.75 Å². The molecular weight excluding hydrogens is 795 g/mol. The summed E-state index contributed by atoms with van der Waals surface area (Å²) in [6.07, 6.45) is 1.60. The molecule has 1 atom stereocenters. The van der Waals surface area contributed by atoms with Gasteiger partial charge in [0.05, 0.1) is 29.7 Å². The van der Waals surface area contributed by atoms with Gasteiger partial charge in [-0.1, -0.05) is 6.07 Å². The number of rotatable bonds is 16. The Kier molecular flexibility index (Phi) is 13.0. The summed E-state index contributed by atoms with van der Waals surface area (Å²) in [4.78, 5) is 24.4. The average Bonchev–Trinajstić information content (AvgIpc) is 3.67. The van der Waals surface area contributed by atoms with Crippen molar-refractivity contribution in [2.75, 3.05) is 37.6 Å². The van der Waals surface area contributed by atoms with Crippen LogP contribution in [0.5, 0.6) is 5.75 Å². The van der Waals surface area contributed by atoms with Crippen LogP contribution in [0, 0.1) is 0 Å². The van der Waals surface area contributed by atoms with Crippen LogP contribution >= 0.6 is 24.0 Å². The second-order valence-electron chi connectivity index (χ2n) is 13.3. The SMILES string of the molecule is CNC(=O)c1nc(Br)ccc1Nc1nc(Nc2ccc(CCC[P+](=O)OCCCn3cc(B4OC(C)(C)C(C)(C)O4)cn3)cc2OC)ncc1C(F)(F)F. The van der Waals surface area contributed by atoms with Gasteiger partial charge < -0.3 is 30.0 Å². The molecule has 4 heterocycles. The summed E-state index contributed by atoms with van der Waals surface area (Å²) in [5.74, 6) is -0.963. The fraction of sp³-hybridized carbons (Fsp3) is 0.441. The van der Waals surface area contributed by atoms with E-state index in [4.69, 9.17) is 18.6 Å². The topological polar surface area (TPSA) is 164 Å². The number of carbonyl (C=O) groups excluding carboxylic acids is 1. The molecule has 1 aliphatic heterocycles. The minimum atomic E-state index is -4.80. The Morgan fingerprint density at radius 1 is 1.04 bits per heavy atom. The first-order valence-corrected chi connectivity index (χ1v) is 19.1. The van der Waals surface area contributed by atoms with Gasteiger partial charge in [0.2, 0.25) is 5.95 Å². The van der Waals surface area contributed by atoms with E-state index in [9.17, 15) is 22.5 Å². The van der Waals surface area contributed by atoms with Crippen molar-refractivity contribution in [2.24, 2.45) is 0 Å². The van der Waals surface area contributed by atoms with E-state index in [0.717, 1.165) is 11.0 Å². The summed E-state index contributed by atoms with van der Waals surface area (Å²) in [6, 6.07) is 8.15. The Morgan fingerprint density at radius 3 is 2.44 bits per heavy atom. The van der Waals surface area contributed by atoms with Gasteiger partial charge in [-0.15, -0.1) is 4.52 Å². The molecule has 1 amide bonds. The standard InChI is InChI=1S/C34H40BBrF3N8O6P/c1-32(2)33(3,4)53-35(52-32)22-18-42-47(20-22)14-8-15-51-54(49)16-7-9-21-10-11-24(26(17-21)50-6)44-31-41-19-23(34(37,38)39)29(46-31)43-25-12-13-27(36)45-28(25)30(48)40-5/h10-13,17-20H,7-9,14-16H2,1-6H3,(H2-,40,41,43,44,46,48)/p+1. The lowest BCUT2D eigenvalue weighted by atomic mass is 9.82. The van der Waals surface area contributed by atoms with Crippen LogP contribution in [0.25, 0.3) is 0 Å². The molecule has 1 unspecified atom stereocenters. The Bertz CT molecular complexity index is 1970. The molecule has 20 heteroatoms. The van der Waals surface area contributed by atoms with Gasteiger partial charge in [0, 0.05) is 37.6 Å². The highest BCUT2D eigenvalue weighted by Crippen LogP contribution is 2.38. The molecule has 0 aliphatic carbocycles. The van der Waals surface area contributed by atoms with Crippen molar-refractivity contribution < 1.29 is 41.1 Å². The first-order valence-electron chi connectivity index (χ1n) is 17.0. The second kappa shape index (κ2) is 17.1. The lowest BCUT2D eigenvalue weighted by Crippen LogP contribution is -2.41. The summed E-state index contributed by atoms with van der Waals surface area (Å²) >= 11 is 3.17. The van der Waals surface area contributed by atoms with Crippen molar-refractivity contribution in [2.45, 2.75) is 70.9 Å². The third-order valence-electron chi connectivity index (χ3n) is 8.91. The first kappa shape index (κ1) is 41.0. The van der Waals surface area contributed by atoms with Gasteiger partial charge in [-0.2, -0.15) is 23.3 Å². The predicted octanol–water partition coefficient (Wildman–Crippen LogP) is 6.79. The zero-order chi connectivity index (χ0) is 39.3. The van der Waals surface area contributed by atoms with Crippen LogP contribution in [-0.4, -0.2) is 75.9 Å². The molecule has 0 radical (unpaired) electrons. The normalized spacial score (nSPS) is 15.2. The highest BCUT2D eigenvalue weighted by molar-refractivity contribution is 9.10. The number of carbonyl (C=O) groups is 1. The molecule has 4 aromatic rings. The maximum absolute atomic E-state index is 13.9. The summed E-state index contributed by atoms with van der Waals surface area (Å²) in [5.41, 5.74) is -0.0313. The van der Waals surface area contributed by atoms with Crippen molar-refractivity contribution in [1.82, 2.24) is 30.0 Å². The smallest absolute Gasteiger partial charge is 0.495 e. The molecule has 14 nitrogen and oxygen atoms in total. The van der Waals surface area contributed by atoms with Crippen LogP contribution < -0.4 is 26.2 Å². The molecule has 1 saturated heterocycles. The fourth-order valence-corrected chi connectivity index (χ4v) is 6.47. The van der Waals surface area contributed by atoms with Gasteiger partial charge in [-0.3, -0.25) is 9.48 Å². The number of hydrogen-bond donors (Lipinski definition) is 3. The van der Waals surface area contributed by atoms with Gasteiger partial charge >= 0.3 is 21.3 Å². The number of ether oxygens (including phenoxy) is 1. The lowest BCUT2D eigenvalue weighted by Gasteiger charge is -2.32. The molecule has 0 saturated carbocycles. The molecule has 5 rings (SSSR count). The number of nitrogens with one attached hydrogen (secondary N) is 3. The Hall–Kier alpha value is -4.16. The minimum absolute atomic E-state index is 0.00402. The minimum Gasteiger partial charge on any atom is -0.495 e. The van der Waals surface area contributed by atoms with Crippen molar-refractivity contribution in [1.29, 1.82) is 0 Å². The van der Waals surface area contributed by atoms with E-state index in [1.165, 1.54) is 26.3 Å². The zero-order valence-corrected chi connectivity index (χ0v) is 33.1. The molecule has 1 aliphatic rings. The summed E-state index contributed by atoms with van der Waals surface area (Å²) in [7, 11) is 0.480. The van der Waals surface area contributed by atoms with E-state index in [-0.39, 0.29) is 17.3 Å². The van der Waals surface area contributed by atoms with Crippen LogP contribution in [0.3, 0.4) is 0 Å². The Labute approximate surface area is 320 Å². The number of hydrogen-bond acceptors (Lipinski definition) is 12. The van der Waals surface area contributed by atoms with Crippen LogP contribution in [-0.2, 0) is 37.5 Å². The molecule has 1 fully saturated rings. The molecule has 1 aromatic carbocycles. The van der Waals surface area contributed by atoms with Crippen LogP contribution in [0.4, 0.5) is 36.3 Å². The highest BCUT2D eigenvalue weighted by atomic mass is 79.9. The van der Waals surface area contributed by atoms with Gasteiger partial charge in [-0.25, -0.2) is 9.97 Å². The quantitative estimate of drug-likeness (QED) is 0.0470. The third-order valence-corrected chi connectivity index (χ3v) is 10.5. The number of aromatic nitrogens is 5. The van der Waals surface area contributed by atoms with E-state index in [1.807, 2.05) is 40.0 Å². The summed E-state index contributed by atoms with van der Waals surface area (Å²) in [5, 5.41) is 12.3. The maximum Gasteiger partial charge on any atom is 0.508 e. The molecule has 0 bridgehead atoms. The van der Waals surface area contributed by atoms with E-state index >= 15 is 0 Å². The number of halogens is 4. The number of aryl methyl sites for hydroxylation is 2. The lowest BCUT2D eigenvalue weighted by molar-refractivity contribution is -0.137. The van der Waals surface area contributed by atoms with Gasteiger partial charge in [-0.05, 0) is 97.3 Å². The summed E-state index contributed by atoms with van der Waals surface area (Å²) in [6.45, 7) is 8.89. The van der Waals surface area contributed by atoms with Crippen molar-refractivity contribution >= 4 is 65.6 Å². The predicted molar refractivity (Wildman–Crippen MR) is 201 cm³/mol. The van der Waals surface area contributed by atoms with E-state index in [2.05, 4.69) is 51.9 Å². The number of methoxy groups -OCH3 is 1. The van der Waals surface area contributed by atoms with Gasteiger partial charge in [0.15, 0.2) is 11.9 Å². The van der Waals surface area contributed by atoms with E-state index in [0.29, 0.717) is 60.8 Å². The number of anilines is 4. The number of pyridine rings is 1. The van der Waals surface area contributed by atoms with Crippen LogP contribution in [0.2, 0.25) is 0 Å². The van der Waals surface area contributed by atoms with Crippen LogP contribution in [0.15, 0.2) is 53.5 Å². The Morgan fingerprint density at radius 2 is 1.76 bits per heavy atom. The van der Waals surface area contributed by atoms with Gasteiger partial charge in [0.1, 0.15) is 28.3 Å². The van der Waals surface area contributed by atoms with E-state index in [1.54, 1.807) is 23.0 Å². The van der Waals surface area contributed by atoms with E-state index < -0.39 is 49.8 Å². The largest absolute Gasteiger partial charge is 0.508 e. The monoisotopic (exact) mass is 835 g/mol. The number of benzene rings is 1. The van der Waals surface area contributed by atoms with Crippen molar-refractivity contribution in [3.63, 3.8) is 0 Å². The number of amides is 1. The molecule has 0 spiro atoms. The molecule has 54 heavy (non-hydrogen) atoms. The number of alkyl halides is 3. The third kappa shape index (κ3) is 10.1. The zero-order valence-electron chi connectivity index (χ0n) is 30.6. The molecule has 3 aromatic heterocycles. The van der Waals surface area contributed by atoms with Gasteiger partial charge in [0.25, 0.3) is 5.91 Å². The second-order valence-corrected chi connectivity index (χ2v) is 15.5.